The van der Waals surface area contributed by atoms with E-state index in [4.69, 9.17) is 4.74 Å². The highest BCUT2D eigenvalue weighted by molar-refractivity contribution is 7.10. The third-order valence-electron chi connectivity index (χ3n) is 5.05. The number of benzene rings is 1. The standard InChI is InChI=1S/C20H20FN3O4S/c21-15-6-5-13(11-17(15)24-8-9-28-20(24)27)22-19(26)16-4-1-7-23(16)18(25)12-14-3-2-10-29-14/h2-3,5-6,10-11,16H,1,4,7-9,12H2,(H,22,26)/t16-/m0/s1. The van der Waals surface area contributed by atoms with Gasteiger partial charge < -0.3 is 15.0 Å². The van der Waals surface area contributed by atoms with Crippen LogP contribution in [-0.2, 0) is 20.7 Å². The van der Waals surface area contributed by atoms with Gasteiger partial charge in [0.15, 0.2) is 0 Å². The summed E-state index contributed by atoms with van der Waals surface area (Å²) in [5.41, 5.74) is 0.422. The van der Waals surface area contributed by atoms with Crippen LogP contribution in [0.1, 0.15) is 17.7 Å². The Morgan fingerprint density at radius 1 is 1.28 bits per heavy atom. The third-order valence-corrected chi connectivity index (χ3v) is 5.92. The molecule has 2 aliphatic rings. The first kappa shape index (κ1) is 19.4. The number of thiophene rings is 1. The Labute approximate surface area is 171 Å². The van der Waals surface area contributed by atoms with E-state index in [1.165, 1.54) is 34.4 Å². The number of carbonyl (C=O) groups is 3. The van der Waals surface area contributed by atoms with Crippen LogP contribution in [0.15, 0.2) is 35.7 Å². The van der Waals surface area contributed by atoms with Gasteiger partial charge in [-0.25, -0.2) is 9.18 Å². The summed E-state index contributed by atoms with van der Waals surface area (Å²) >= 11 is 1.51. The fourth-order valence-corrected chi connectivity index (χ4v) is 4.33. The highest BCUT2D eigenvalue weighted by Gasteiger charge is 2.34. The van der Waals surface area contributed by atoms with Crippen LogP contribution < -0.4 is 10.2 Å². The van der Waals surface area contributed by atoms with E-state index >= 15 is 0 Å². The first-order valence-corrected chi connectivity index (χ1v) is 10.3. The number of carbonyl (C=O) groups excluding carboxylic acids is 3. The summed E-state index contributed by atoms with van der Waals surface area (Å²) in [6, 6.07) is 7.27. The molecule has 0 radical (unpaired) electrons. The minimum absolute atomic E-state index is 0.0577. The summed E-state index contributed by atoms with van der Waals surface area (Å²) in [6.45, 7) is 0.982. The lowest BCUT2D eigenvalue weighted by atomic mass is 10.1. The molecular weight excluding hydrogens is 397 g/mol. The molecule has 0 spiro atoms. The molecule has 0 bridgehead atoms. The Morgan fingerprint density at radius 3 is 2.86 bits per heavy atom. The molecule has 0 saturated carbocycles. The van der Waals surface area contributed by atoms with Gasteiger partial charge in [-0.3, -0.25) is 14.5 Å². The third kappa shape index (κ3) is 4.09. The molecule has 1 aromatic carbocycles. The second kappa shape index (κ2) is 8.20. The van der Waals surface area contributed by atoms with Crippen LogP contribution in [0, 0.1) is 5.82 Å². The van der Waals surface area contributed by atoms with Gasteiger partial charge >= 0.3 is 6.09 Å². The summed E-state index contributed by atoms with van der Waals surface area (Å²) in [5.74, 6) is -0.969. The lowest BCUT2D eigenvalue weighted by Gasteiger charge is -2.24. The van der Waals surface area contributed by atoms with Crippen molar-refractivity contribution < 1.29 is 23.5 Å². The number of hydrogen-bond acceptors (Lipinski definition) is 5. The monoisotopic (exact) mass is 417 g/mol. The largest absolute Gasteiger partial charge is 0.447 e. The molecule has 4 rings (SSSR count). The van der Waals surface area contributed by atoms with Crippen LogP contribution in [0.25, 0.3) is 0 Å². The van der Waals surface area contributed by atoms with E-state index in [1.807, 2.05) is 17.5 Å². The molecule has 1 N–H and O–H groups in total. The van der Waals surface area contributed by atoms with Crippen LogP contribution >= 0.6 is 11.3 Å². The van der Waals surface area contributed by atoms with Crippen molar-refractivity contribution in [2.24, 2.45) is 0 Å². The van der Waals surface area contributed by atoms with Crippen molar-refractivity contribution >= 4 is 40.6 Å². The van der Waals surface area contributed by atoms with Gasteiger partial charge in [0.2, 0.25) is 11.8 Å². The topological polar surface area (TPSA) is 79.0 Å². The summed E-state index contributed by atoms with van der Waals surface area (Å²) in [7, 11) is 0. The van der Waals surface area contributed by atoms with Crippen molar-refractivity contribution in [1.82, 2.24) is 4.90 Å². The lowest BCUT2D eigenvalue weighted by Crippen LogP contribution is -2.43. The predicted molar refractivity (Wildman–Crippen MR) is 106 cm³/mol. The number of halogens is 1. The zero-order chi connectivity index (χ0) is 20.4. The number of amides is 3. The van der Waals surface area contributed by atoms with Gasteiger partial charge in [-0.1, -0.05) is 6.07 Å². The van der Waals surface area contributed by atoms with E-state index in [1.54, 1.807) is 4.90 Å². The molecule has 152 valence electrons. The number of ether oxygens (including phenoxy) is 1. The maximum absolute atomic E-state index is 14.2. The molecular formula is C20H20FN3O4S. The van der Waals surface area contributed by atoms with Crippen LogP contribution in [-0.4, -0.2) is 48.5 Å². The first-order valence-electron chi connectivity index (χ1n) is 9.39. The van der Waals surface area contributed by atoms with E-state index in [0.29, 0.717) is 18.7 Å². The maximum Gasteiger partial charge on any atom is 0.414 e. The van der Waals surface area contributed by atoms with Crippen molar-refractivity contribution in [3.05, 3.63) is 46.4 Å². The minimum atomic E-state index is -0.617. The smallest absolute Gasteiger partial charge is 0.414 e. The summed E-state index contributed by atoms with van der Waals surface area (Å²) in [6.07, 6.45) is 0.990. The Kier molecular flexibility index (Phi) is 5.48. The molecule has 7 nitrogen and oxygen atoms in total. The second-order valence-electron chi connectivity index (χ2n) is 6.92. The van der Waals surface area contributed by atoms with Gasteiger partial charge in [-0.15, -0.1) is 11.3 Å². The molecule has 29 heavy (non-hydrogen) atoms. The molecule has 2 aromatic rings. The van der Waals surface area contributed by atoms with E-state index in [9.17, 15) is 18.8 Å². The average Bonchev–Trinajstić information content (AvgIpc) is 3.44. The molecule has 1 aromatic heterocycles. The Hall–Kier alpha value is -2.94. The van der Waals surface area contributed by atoms with Crippen LogP contribution in [0.2, 0.25) is 0 Å². The van der Waals surface area contributed by atoms with Crippen molar-refractivity contribution in [3.63, 3.8) is 0 Å². The molecule has 0 unspecified atom stereocenters. The van der Waals surface area contributed by atoms with Crippen molar-refractivity contribution in [1.29, 1.82) is 0 Å². The quantitative estimate of drug-likeness (QED) is 0.811. The van der Waals surface area contributed by atoms with Crippen LogP contribution in [0.3, 0.4) is 0 Å². The molecule has 9 heteroatoms. The Bertz CT molecular complexity index is 934. The Balaban J connectivity index is 1.45. The molecule has 3 amide bonds. The number of anilines is 2. The van der Waals surface area contributed by atoms with Gasteiger partial charge in [-0.05, 0) is 42.5 Å². The summed E-state index contributed by atoms with van der Waals surface area (Å²) in [5, 5.41) is 4.67. The van der Waals surface area contributed by atoms with Gasteiger partial charge in [0.05, 0.1) is 18.7 Å². The summed E-state index contributed by atoms with van der Waals surface area (Å²) < 4.78 is 19.0. The summed E-state index contributed by atoms with van der Waals surface area (Å²) in [4.78, 5) is 40.9. The predicted octanol–water partition coefficient (Wildman–Crippen LogP) is 3.02. The van der Waals surface area contributed by atoms with Crippen LogP contribution in [0.5, 0.6) is 0 Å². The van der Waals surface area contributed by atoms with E-state index < -0.39 is 18.0 Å². The number of nitrogens with zero attached hydrogens (tertiary/aromatic N) is 2. The fourth-order valence-electron chi connectivity index (χ4n) is 3.64. The van der Waals surface area contributed by atoms with Gasteiger partial charge in [0, 0.05) is 17.1 Å². The molecule has 2 aliphatic heterocycles. The van der Waals surface area contributed by atoms with Crippen molar-refractivity contribution in [2.75, 3.05) is 29.9 Å². The van der Waals surface area contributed by atoms with Crippen LogP contribution in [0.4, 0.5) is 20.6 Å². The molecule has 0 aliphatic carbocycles. The van der Waals surface area contributed by atoms with Crippen molar-refractivity contribution in [3.8, 4) is 0 Å². The average molecular weight is 417 g/mol. The zero-order valence-corrected chi connectivity index (χ0v) is 16.4. The fraction of sp³-hybridized carbons (Fsp3) is 0.350. The van der Waals surface area contributed by atoms with Gasteiger partial charge in [0.25, 0.3) is 0 Å². The zero-order valence-electron chi connectivity index (χ0n) is 15.6. The highest BCUT2D eigenvalue weighted by atomic mass is 32.1. The van der Waals surface area contributed by atoms with Gasteiger partial charge in [-0.2, -0.15) is 0 Å². The van der Waals surface area contributed by atoms with Gasteiger partial charge in [0.1, 0.15) is 18.5 Å². The molecule has 2 fully saturated rings. The molecule has 2 saturated heterocycles. The number of hydrogen-bond donors (Lipinski definition) is 1. The van der Waals surface area contributed by atoms with E-state index in [2.05, 4.69) is 5.32 Å². The molecule has 1 atom stereocenters. The van der Waals surface area contributed by atoms with Crippen molar-refractivity contribution in [2.45, 2.75) is 25.3 Å². The minimum Gasteiger partial charge on any atom is -0.447 e. The van der Waals surface area contributed by atoms with E-state index in [0.717, 1.165) is 11.3 Å². The van der Waals surface area contributed by atoms with E-state index in [-0.39, 0.29) is 37.1 Å². The lowest BCUT2D eigenvalue weighted by molar-refractivity contribution is -0.136. The molecule has 3 heterocycles. The number of cyclic esters (lactones) is 1. The highest BCUT2D eigenvalue weighted by Crippen LogP contribution is 2.27. The number of nitrogens with one attached hydrogen (secondary N) is 1. The normalized spacial score (nSPS) is 18.8. The Morgan fingerprint density at radius 2 is 2.14 bits per heavy atom. The number of likely N-dealkylation sites (tertiary alicyclic amines) is 1. The SMILES string of the molecule is O=C(Nc1ccc(F)c(N2CCOC2=O)c1)[C@@H]1CCCN1C(=O)Cc1cccs1. The number of rotatable bonds is 5. The second-order valence-corrected chi connectivity index (χ2v) is 7.95. The maximum atomic E-state index is 14.2. The first-order chi connectivity index (χ1) is 14.0.